The van der Waals surface area contributed by atoms with Crippen molar-refractivity contribution in [3.05, 3.63) is 82.1 Å². The van der Waals surface area contributed by atoms with Crippen LogP contribution in [0.15, 0.2) is 59.5 Å². The molecule has 20 heteroatoms. The van der Waals surface area contributed by atoms with Crippen LogP contribution >= 0.6 is 11.6 Å². The van der Waals surface area contributed by atoms with Gasteiger partial charge in [0.1, 0.15) is 16.4 Å². The molecule has 1 aromatic heterocycles. The summed E-state index contributed by atoms with van der Waals surface area (Å²) in [5.74, 6) is -2.73. The topological polar surface area (TPSA) is 180 Å². The largest absolute Gasteiger partial charge is 0.573 e. The van der Waals surface area contributed by atoms with E-state index in [0.29, 0.717) is 9.87 Å². The van der Waals surface area contributed by atoms with Gasteiger partial charge in [0.05, 0.1) is 32.1 Å². The highest BCUT2D eigenvalue weighted by Crippen LogP contribution is 2.55. The number of amides is 2. The third kappa shape index (κ3) is 6.26. The number of tetrazole rings is 1. The predicted molar refractivity (Wildman–Crippen MR) is 176 cm³/mol. The van der Waals surface area contributed by atoms with Gasteiger partial charge in [-0.15, -0.1) is 23.4 Å². The number of halogens is 4. The van der Waals surface area contributed by atoms with Gasteiger partial charge >= 0.3 is 6.36 Å². The van der Waals surface area contributed by atoms with E-state index in [1.807, 2.05) is 0 Å². The maximum absolute atomic E-state index is 15.5. The molecule has 0 saturated carbocycles. The molecular weight excluding hydrogens is 735 g/mol. The second-order valence-electron chi connectivity index (χ2n) is 12.1. The van der Waals surface area contributed by atoms with Crippen LogP contribution in [0, 0.1) is 0 Å². The van der Waals surface area contributed by atoms with Gasteiger partial charge < -0.3 is 24.2 Å². The van der Waals surface area contributed by atoms with E-state index in [1.54, 1.807) is 12.1 Å². The van der Waals surface area contributed by atoms with E-state index < -0.39 is 56.5 Å². The molecule has 15 nitrogen and oxygen atoms in total. The molecule has 3 heterocycles. The molecule has 4 aromatic rings. The lowest BCUT2D eigenvalue weighted by molar-refractivity contribution is -0.275. The average Bonchev–Trinajstić information content (AvgIpc) is 3.80. The van der Waals surface area contributed by atoms with Crippen molar-refractivity contribution in [1.82, 2.24) is 30.4 Å². The van der Waals surface area contributed by atoms with E-state index in [1.165, 1.54) is 55.3 Å². The number of alkyl halides is 3. The Bertz CT molecular complexity index is 2140. The number of nitrogens with one attached hydrogen (secondary N) is 1. The third-order valence-electron chi connectivity index (χ3n) is 8.80. The molecule has 276 valence electrons. The number of rotatable bonds is 10. The number of carbonyl (C=O) groups excluding carboxylic acids is 2. The Labute approximate surface area is 299 Å². The summed E-state index contributed by atoms with van der Waals surface area (Å²) in [4.78, 5) is 31.0. The Morgan fingerprint density at radius 3 is 2.46 bits per heavy atom. The number of benzene rings is 3. The van der Waals surface area contributed by atoms with Crippen molar-refractivity contribution in [2.24, 2.45) is 0 Å². The van der Waals surface area contributed by atoms with Crippen LogP contribution < -0.4 is 18.5 Å². The first-order valence-electron chi connectivity index (χ1n) is 15.4. The zero-order chi connectivity index (χ0) is 37.7. The number of nitrogens with zero attached hydrogens (tertiary/aromatic N) is 6. The molecule has 1 saturated heterocycles. The number of likely N-dealkylation sites (tertiary alicyclic amines) is 1. The number of β-amino-alcohol motifs (C(OH)–C–C–N with tert-alkyl or cyclic N) is 1. The molecule has 2 aliphatic rings. The fraction of sp³-hybridized carbons (Fsp3) is 0.344. The number of ether oxygens (including phenoxy) is 3. The van der Waals surface area contributed by atoms with Crippen LogP contribution in [0.3, 0.4) is 0 Å². The van der Waals surface area contributed by atoms with Crippen LogP contribution in [-0.2, 0) is 31.6 Å². The molecule has 3 aromatic carbocycles. The summed E-state index contributed by atoms with van der Waals surface area (Å²) in [6, 6.07) is 10.0. The van der Waals surface area contributed by atoms with Crippen molar-refractivity contribution in [3.8, 4) is 17.2 Å². The summed E-state index contributed by atoms with van der Waals surface area (Å²) in [6.45, 7) is -0.320. The molecule has 0 spiro atoms. The first kappa shape index (κ1) is 36.8. The summed E-state index contributed by atoms with van der Waals surface area (Å²) < 4.78 is 85.7. The number of H-pyrrole nitrogens is 1. The van der Waals surface area contributed by atoms with E-state index >= 15 is 4.79 Å². The highest BCUT2D eigenvalue weighted by Gasteiger charge is 2.64. The van der Waals surface area contributed by atoms with Gasteiger partial charge in [0, 0.05) is 49.3 Å². The van der Waals surface area contributed by atoms with Crippen LogP contribution in [0.2, 0.25) is 5.02 Å². The minimum atomic E-state index is -5.33. The normalized spacial score (nSPS) is 20.6. The molecule has 3 atom stereocenters. The molecule has 0 bridgehead atoms. The Morgan fingerprint density at radius 1 is 1.08 bits per heavy atom. The zero-order valence-corrected chi connectivity index (χ0v) is 29.5. The number of aromatic amines is 1. The minimum Gasteiger partial charge on any atom is -0.497 e. The van der Waals surface area contributed by atoms with Crippen LogP contribution in [0.4, 0.5) is 18.9 Å². The number of carbonyl (C=O) groups is 2. The number of hydrogen-bond acceptors (Lipinski definition) is 12. The number of aromatic nitrogens is 4. The lowest BCUT2D eigenvalue weighted by Gasteiger charge is -2.42. The zero-order valence-electron chi connectivity index (χ0n) is 27.9. The molecule has 0 radical (unpaired) electrons. The Kier molecular flexibility index (Phi) is 9.58. The summed E-state index contributed by atoms with van der Waals surface area (Å²) in [5, 5.41) is 25.0. The minimum absolute atomic E-state index is 0.0364. The first-order chi connectivity index (χ1) is 24.5. The lowest BCUT2D eigenvalue weighted by Crippen LogP contribution is -2.59. The van der Waals surface area contributed by atoms with Crippen molar-refractivity contribution in [2.45, 2.75) is 41.8 Å². The Hall–Kier alpha value is -4.98. The van der Waals surface area contributed by atoms with Crippen LogP contribution in [0.5, 0.6) is 17.2 Å². The Balaban J connectivity index is 1.68. The van der Waals surface area contributed by atoms with E-state index in [4.69, 9.17) is 21.1 Å². The van der Waals surface area contributed by atoms with Gasteiger partial charge in [-0.05, 0) is 54.4 Å². The summed E-state index contributed by atoms with van der Waals surface area (Å²) in [7, 11) is 0.153. The van der Waals surface area contributed by atoms with Crippen LogP contribution in [-0.4, -0.2) is 109 Å². The van der Waals surface area contributed by atoms with Crippen LogP contribution in [0.1, 0.15) is 28.9 Å². The number of likely N-dealkylation sites (N-methyl/N-ethyl adjacent to an activating group) is 1. The maximum Gasteiger partial charge on any atom is 0.573 e. The third-order valence-corrected chi connectivity index (χ3v) is 10.8. The first-order valence-corrected chi connectivity index (χ1v) is 17.2. The average molecular weight is 766 g/mol. The number of sulfonamides is 1. The summed E-state index contributed by atoms with van der Waals surface area (Å²) >= 11 is 6.54. The van der Waals surface area contributed by atoms with E-state index in [2.05, 4.69) is 25.4 Å². The molecule has 1 unspecified atom stereocenters. The highest BCUT2D eigenvalue weighted by molar-refractivity contribution is 7.93. The Morgan fingerprint density at radius 2 is 1.83 bits per heavy atom. The predicted octanol–water partition coefficient (Wildman–Crippen LogP) is 2.86. The summed E-state index contributed by atoms with van der Waals surface area (Å²) in [6.07, 6.45) is -6.58. The lowest BCUT2D eigenvalue weighted by atomic mass is 9.80. The smallest absolute Gasteiger partial charge is 0.497 e. The monoisotopic (exact) mass is 765 g/mol. The molecule has 52 heavy (non-hydrogen) atoms. The second-order valence-corrected chi connectivity index (χ2v) is 14.3. The van der Waals surface area contributed by atoms with Crippen LogP contribution in [0.25, 0.3) is 0 Å². The van der Waals surface area contributed by atoms with Gasteiger partial charge in [-0.1, -0.05) is 22.9 Å². The fourth-order valence-electron chi connectivity index (χ4n) is 6.71. The standard InChI is InChI=1S/C32H31ClF3N7O8S/c1-41(2)29(45)24-14-19(44)16-42(24)31(22-11-17(5-9-25(22)50-4)12-28-37-39-40-38-28)21-13-18(33)6-8-23(21)43(30(31)46)52(47,48)27-10-7-20(49-3)15-26(27)51-32(34,35)36/h5-11,13,15,19,24,44H,12,14,16H2,1-4H3,(H,37,38,39,40)/t19-,24+,31?/m1/s1. The molecular formula is C32H31ClF3N7O8S. The van der Waals surface area contributed by atoms with Gasteiger partial charge in [0.2, 0.25) is 5.91 Å². The van der Waals surface area contributed by atoms with Gasteiger partial charge in [-0.3, -0.25) is 14.5 Å². The van der Waals surface area contributed by atoms with Crippen molar-refractivity contribution in [2.75, 3.05) is 39.2 Å². The van der Waals surface area contributed by atoms with Crippen molar-refractivity contribution >= 4 is 39.1 Å². The van der Waals surface area contributed by atoms with Gasteiger partial charge in [-0.25, -0.2) is 12.7 Å². The number of aliphatic hydroxyl groups is 1. The van der Waals surface area contributed by atoms with Gasteiger partial charge in [-0.2, -0.15) is 5.21 Å². The van der Waals surface area contributed by atoms with Crippen molar-refractivity contribution in [3.63, 3.8) is 0 Å². The van der Waals surface area contributed by atoms with E-state index in [9.17, 15) is 31.5 Å². The highest BCUT2D eigenvalue weighted by atomic mass is 35.5. The molecule has 1 fully saturated rings. The van der Waals surface area contributed by atoms with Crippen molar-refractivity contribution in [1.29, 1.82) is 0 Å². The quantitative estimate of drug-likeness (QED) is 0.242. The molecule has 2 N–H and O–H groups in total. The number of anilines is 1. The SMILES string of the molecule is COc1ccc(S(=O)(=O)N2C(=O)C(c3cc(Cc4nn[nH]n4)ccc3OC)(N3C[C@H](O)C[C@H]3C(=O)N(C)C)c3cc(Cl)ccc32)c(OC(F)(F)F)c1. The molecule has 6 rings (SSSR count). The summed E-state index contributed by atoms with van der Waals surface area (Å²) in [5.41, 5.74) is -2.10. The molecule has 0 aliphatic carbocycles. The van der Waals surface area contributed by atoms with Gasteiger partial charge in [0.25, 0.3) is 15.9 Å². The van der Waals surface area contributed by atoms with Gasteiger partial charge in [0.15, 0.2) is 17.1 Å². The number of methoxy groups -OCH3 is 2. The molecule has 2 aliphatic heterocycles. The van der Waals surface area contributed by atoms with E-state index in [0.717, 1.165) is 25.3 Å². The maximum atomic E-state index is 15.5. The van der Waals surface area contributed by atoms with Crippen molar-refractivity contribution < 1.29 is 50.5 Å². The number of fused-ring (bicyclic) bond motifs is 1. The number of hydrogen-bond donors (Lipinski definition) is 2. The number of aliphatic hydroxyl groups excluding tert-OH is 1. The van der Waals surface area contributed by atoms with E-state index in [-0.39, 0.29) is 58.5 Å². The fourth-order valence-corrected chi connectivity index (χ4v) is 8.45. The second kappa shape index (κ2) is 13.5. The molecule has 2 amide bonds.